The van der Waals surface area contributed by atoms with Crippen LogP contribution in [0.5, 0.6) is 0 Å². The number of benzene rings is 2. The van der Waals surface area contributed by atoms with Gasteiger partial charge in [0.25, 0.3) is 11.8 Å². The van der Waals surface area contributed by atoms with Crippen molar-refractivity contribution in [1.29, 1.82) is 0 Å². The van der Waals surface area contributed by atoms with Gasteiger partial charge in [-0.05, 0) is 42.7 Å². The standard InChI is InChI=1S/C23H29N3O5S/c1-16(2)15-24-22(27)19-6-4-5-7-21(19)25-23(28)20-14-18(9-8-17(20)3)32(29,30)26-10-12-31-13-11-26/h4-9,14,16H,10-13,15H2,1-3H3,(H,24,27)(H,25,28). The molecule has 2 N–H and O–H groups in total. The van der Waals surface area contributed by atoms with Crippen molar-refractivity contribution in [3.05, 3.63) is 59.2 Å². The normalized spacial score (nSPS) is 14.9. The molecule has 9 heteroatoms. The first-order valence-electron chi connectivity index (χ1n) is 10.6. The van der Waals surface area contributed by atoms with E-state index in [2.05, 4.69) is 10.6 Å². The minimum atomic E-state index is -3.74. The van der Waals surface area contributed by atoms with Crippen molar-refractivity contribution in [1.82, 2.24) is 9.62 Å². The number of carbonyl (C=O) groups is 2. The van der Waals surface area contributed by atoms with Crippen LogP contribution < -0.4 is 10.6 Å². The average molecular weight is 460 g/mol. The highest BCUT2D eigenvalue weighted by atomic mass is 32.2. The first kappa shape index (κ1) is 23.9. The molecule has 1 saturated heterocycles. The Morgan fingerprint density at radius 1 is 1.03 bits per heavy atom. The number of sulfonamides is 1. The van der Waals surface area contributed by atoms with Gasteiger partial charge < -0.3 is 15.4 Å². The molecule has 1 heterocycles. The monoisotopic (exact) mass is 459 g/mol. The van der Waals surface area contributed by atoms with Gasteiger partial charge in [0.05, 0.1) is 29.4 Å². The van der Waals surface area contributed by atoms with Crippen LogP contribution in [0.2, 0.25) is 0 Å². The van der Waals surface area contributed by atoms with Crippen LogP contribution >= 0.6 is 0 Å². The molecule has 8 nitrogen and oxygen atoms in total. The van der Waals surface area contributed by atoms with Gasteiger partial charge in [-0.3, -0.25) is 9.59 Å². The molecule has 0 spiro atoms. The fourth-order valence-electron chi connectivity index (χ4n) is 3.31. The number of nitrogens with zero attached hydrogens (tertiary/aromatic N) is 1. The lowest BCUT2D eigenvalue weighted by molar-refractivity contribution is 0.0730. The van der Waals surface area contributed by atoms with E-state index in [1.165, 1.54) is 16.4 Å². The van der Waals surface area contributed by atoms with Crippen molar-refractivity contribution in [2.45, 2.75) is 25.7 Å². The van der Waals surface area contributed by atoms with E-state index in [1.807, 2.05) is 13.8 Å². The highest BCUT2D eigenvalue weighted by molar-refractivity contribution is 7.89. The van der Waals surface area contributed by atoms with Gasteiger partial charge in [0.1, 0.15) is 0 Å². The van der Waals surface area contributed by atoms with Gasteiger partial charge >= 0.3 is 0 Å². The maximum absolute atomic E-state index is 13.1. The second-order valence-corrected chi connectivity index (χ2v) is 10.0. The largest absolute Gasteiger partial charge is 0.379 e. The Labute approximate surface area is 189 Å². The fourth-order valence-corrected chi connectivity index (χ4v) is 4.75. The summed E-state index contributed by atoms with van der Waals surface area (Å²) in [4.78, 5) is 25.7. The molecule has 3 rings (SSSR count). The smallest absolute Gasteiger partial charge is 0.255 e. The average Bonchev–Trinajstić information content (AvgIpc) is 2.78. The number of aryl methyl sites for hydroxylation is 1. The summed E-state index contributed by atoms with van der Waals surface area (Å²) >= 11 is 0. The van der Waals surface area contributed by atoms with E-state index in [4.69, 9.17) is 4.74 Å². The van der Waals surface area contributed by atoms with Gasteiger partial charge in [0.2, 0.25) is 10.0 Å². The Kier molecular flexibility index (Phi) is 7.65. The molecule has 0 radical (unpaired) electrons. The van der Waals surface area contributed by atoms with E-state index in [-0.39, 0.29) is 29.5 Å². The summed E-state index contributed by atoms with van der Waals surface area (Å²) in [5.41, 5.74) is 1.57. The third-order valence-corrected chi connectivity index (χ3v) is 7.05. The molecule has 1 fully saturated rings. The number of rotatable bonds is 7. The Hall–Kier alpha value is -2.75. The molecule has 0 bridgehead atoms. The van der Waals surface area contributed by atoms with Gasteiger partial charge in [0, 0.05) is 25.2 Å². The highest BCUT2D eigenvalue weighted by Crippen LogP contribution is 2.22. The second-order valence-electron chi connectivity index (χ2n) is 8.10. The second kappa shape index (κ2) is 10.2. The summed E-state index contributed by atoms with van der Waals surface area (Å²) in [6.07, 6.45) is 0. The number of morpholine rings is 1. The summed E-state index contributed by atoms with van der Waals surface area (Å²) in [7, 11) is -3.74. The lowest BCUT2D eigenvalue weighted by atomic mass is 10.1. The summed E-state index contributed by atoms with van der Waals surface area (Å²) in [6, 6.07) is 11.2. The predicted molar refractivity (Wildman–Crippen MR) is 122 cm³/mol. The molecule has 0 aliphatic carbocycles. The van der Waals surface area contributed by atoms with Gasteiger partial charge in [-0.1, -0.05) is 32.0 Å². The zero-order chi connectivity index (χ0) is 23.3. The first-order chi connectivity index (χ1) is 15.2. The van der Waals surface area contributed by atoms with E-state index < -0.39 is 15.9 Å². The van der Waals surface area contributed by atoms with E-state index in [9.17, 15) is 18.0 Å². The molecular formula is C23H29N3O5S. The predicted octanol–water partition coefficient (Wildman–Crippen LogP) is 2.65. The highest BCUT2D eigenvalue weighted by Gasteiger charge is 2.27. The Bertz CT molecular complexity index is 1090. The minimum Gasteiger partial charge on any atom is -0.379 e. The molecule has 0 aromatic heterocycles. The quantitative estimate of drug-likeness (QED) is 0.662. The van der Waals surface area contributed by atoms with Gasteiger partial charge in [-0.25, -0.2) is 8.42 Å². The van der Waals surface area contributed by atoms with E-state index in [0.717, 1.165) is 0 Å². The summed E-state index contributed by atoms with van der Waals surface area (Å²) in [6.45, 7) is 7.47. The third-order valence-electron chi connectivity index (χ3n) is 5.15. The lowest BCUT2D eigenvalue weighted by Crippen LogP contribution is -2.40. The molecular weight excluding hydrogens is 430 g/mol. The molecule has 172 valence electrons. The Morgan fingerprint density at radius 3 is 2.41 bits per heavy atom. The molecule has 1 aliphatic heterocycles. The number of hydrogen-bond acceptors (Lipinski definition) is 5. The van der Waals surface area contributed by atoms with Crippen LogP contribution in [-0.2, 0) is 14.8 Å². The number of amides is 2. The molecule has 0 saturated carbocycles. The molecule has 0 unspecified atom stereocenters. The zero-order valence-corrected chi connectivity index (χ0v) is 19.4. The summed E-state index contributed by atoms with van der Waals surface area (Å²) in [5.74, 6) is -0.472. The van der Waals surface area contributed by atoms with E-state index in [1.54, 1.807) is 37.3 Å². The number of para-hydroxylation sites is 1. The van der Waals surface area contributed by atoms with E-state index in [0.29, 0.717) is 42.5 Å². The maximum atomic E-state index is 13.1. The van der Waals surface area contributed by atoms with Crippen LogP contribution in [0.4, 0.5) is 5.69 Å². The van der Waals surface area contributed by atoms with Crippen molar-refractivity contribution in [2.24, 2.45) is 5.92 Å². The maximum Gasteiger partial charge on any atom is 0.255 e. The lowest BCUT2D eigenvalue weighted by Gasteiger charge is -2.26. The summed E-state index contributed by atoms with van der Waals surface area (Å²) in [5, 5.41) is 5.61. The summed E-state index contributed by atoms with van der Waals surface area (Å²) < 4.78 is 32.6. The van der Waals surface area contributed by atoms with Crippen LogP contribution in [0.3, 0.4) is 0 Å². The first-order valence-corrected chi connectivity index (χ1v) is 12.0. The number of ether oxygens (including phenoxy) is 1. The number of nitrogens with one attached hydrogen (secondary N) is 2. The van der Waals surface area contributed by atoms with Crippen LogP contribution in [0.25, 0.3) is 0 Å². The topological polar surface area (TPSA) is 105 Å². The van der Waals surface area contributed by atoms with Crippen LogP contribution in [0.15, 0.2) is 47.4 Å². The van der Waals surface area contributed by atoms with E-state index >= 15 is 0 Å². The third kappa shape index (κ3) is 5.53. The van der Waals surface area contributed by atoms with Crippen molar-refractivity contribution >= 4 is 27.5 Å². The molecule has 32 heavy (non-hydrogen) atoms. The van der Waals surface area contributed by atoms with Crippen LogP contribution in [-0.4, -0.2) is 57.4 Å². The molecule has 2 aromatic carbocycles. The minimum absolute atomic E-state index is 0.0538. The van der Waals surface area contributed by atoms with Crippen LogP contribution in [0, 0.1) is 12.8 Å². The van der Waals surface area contributed by atoms with Gasteiger partial charge in [-0.2, -0.15) is 4.31 Å². The molecule has 0 atom stereocenters. The van der Waals surface area contributed by atoms with Crippen LogP contribution in [0.1, 0.15) is 40.1 Å². The number of hydrogen-bond donors (Lipinski definition) is 2. The molecule has 1 aliphatic rings. The molecule has 2 aromatic rings. The number of anilines is 1. The zero-order valence-electron chi connectivity index (χ0n) is 18.6. The van der Waals surface area contributed by atoms with Crippen molar-refractivity contribution in [3.63, 3.8) is 0 Å². The fraction of sp³-hybridized carbons (Fsp3) is 0.391. The SMILES string of the molecule is Cc1ccc(S(=O)(=O)N2CCOCC2)cc1C(=O)Nc1ccccc1C(=O)NCC(C)C. The number of carbonyl (C=O) groups excluding carboxylic acids is 2. The Morgan fingerprint density at radius 2 is 1.72 bits per heavy atom. The van der Waals surface area contributed by atoms with Crippen molar-refractivity contribution in [2.75, 3.05) is 38.2 Å². The Balaban J connectivity index is 1.85. The van der Waals surface area contributed by atoms with Gasteiger partial charge in [-0.15, -0.1) is 0 Å². The van der Waals surface area contributed by atoms with Crippen molar-refractivity contribution in [3.8, 4) is 0 Å². The van der Waals surface area contributed by atoms with Crippen molar-refractivity contribution < 1.29 is 22.7 Å². The van der Waals surface area contributed by atoms with Gasteiger partial charge in [0.15, 0.2) is 0 Å². The molecule has 2 amide bonds.